The van der Waals surface area contributed by atoms with E-state index in [9.17, 15) is 4.79 Å². The van der Waals surface area contributed by atoms with Crippen molar-refractivity contribution in [3.63, 3.8) is 0 Å². The number of rotatable bonds is 10. The zero-order valence-electron chi connectivity index (χ0n) is 19.9. The van der Waals surface area contributed by atoms with Gasteiger partial charge in [0.15, 0.2) is 5.16 Å². The highest BCUT2D eigenvalue weighted by Crippen LogP contribution is 2.22. The number of halogens is 1. The van der Waals surface area contributed by atoms with E-state index in [1.165, 1.54) is 17.3 Å². The molecule has 2 saturated heterocycles. The van der Waals surface area contributed by atoms with E-state index in [-0.39, 0.29) is 11.7 Å². The molecule has 0 spiro atoms. The Bertz CT molecular complexity index is 966. The van der Waals surface area contributed by atoms with Crippen molar-refractivity contribution in [1.82, 2.24) is 25.1 Å². The van der Waals surface area contributed by atoms with Crippen LogP contribution in [0.25, 0.3) is 6.08 Å². The van der Waals surface area contributed by atoms with E-state index < -0.39 is 0 Å². The van der Waals surface area contributed by atoms with Crippen molar-refractivity contribution in [2.24, 2.45) is 0 Å². The predicted molar refractivity (Wildman–Crippen MR) is 142 cm³/mol. The summed E-state index contributed by atoms with van der Waals surface area (Å²) in [5.74, 6) is 1.06. The summed E-state index contributed by atoms with van der Waals surface area (Å²) in [4.78, 5) is 28.2. The van der Waals surface area contributed by atoms with Crippen LogP contribution in [0.1, 0.15) is 5.56 Å². The van der Waals surface area contributed by atoms with Gasteiger partial charge < -0.3 is 15.0 Å². The zero-order valence-corrected chi connectivity index (χ0v) is 21.5. The number of ether oxygens (including phenoxy) is 1. The molecule has 35 heavy (non-hydrogen) atoms. The molecule has 2 aromatic rings. The van der Waals surface area contributed by atoms with Gasteiger partial charge in [0, 0.05) is 65.0 Å². The van der Waals surface area contributed by atoms with Crippen LogP contribution >= 0.6 is 23.4 Å². The van der Waals surface area contributed by atoms with Crippen LogP contribution in [0.3, 0.4) is 0 Å². The van der Waals surface area contributed by atoms with Crippen molar-refractivity contribution in [3.05, 3.63) is 53.2 Å². The second kappa shape index (κ2) is 13.8. The van der Waals surface area contributed by atoms with Gasteiger partial charge in [-0.25, -0.2) is 9.97 Å². The van der Waals surface area contributed by atoms with Crippen molar-refractivity contribution in [2.75, 3.05) is 82.8 Å². The number of morpholine rings is 1. The number of amides is 1. The lowest BCUT2D eigenvalue weighted by atomic mass is 10.2. The van der Waals surface area contributed by atoms with Crippen LogP contribution < -0.4 is 10.2 Å². The molecule has 4 rings (SSSR count). The third-order valence-corrected chi connectivity index (χ3v) is 7.06. The maximum absolute atomic E-state index is 12.3. The van der Waals surface area contributed by atoms with Gasteiger partial charge in [-0.3, -0.25) is 14.6 Å². The summed E-state index contributed by atoms with van der Waals surface area (Å²) in [7, 11) is 0. The molecule has 188 valence electrons. The molecule has 0 saturated carbocycles. The molecule has 1 aromatic carbocycles. The first kappa shape index (κ1) is 25.9. The summed E-state index contributed by atoms with van der Waals surface area (Å²) in [6, 6.07) is 12.2. The molecule has 10 heteroatoms. The topological polar surface area (TPSA) is 73.8 Å². The lowest BCUT2D eigenvalue weighted by molar-refractivity contribution is -0.118. The molecule has 0 radical (unpaired) electrons. The van der Waals surface area contributed by atoms with Gasteiger partial charge in [0.05, 0.1) is 19.0 Å². The van der Waals surface area contributed by atoms with E-state index in [0.717, 1.165) is 71.4 Å². The number of aromatic nitrogens is 2. The van der Waals surface area contributed by atoms with E-state index in [1.54, 1.807) is 6.07 Å². The third kappa shape index (κ3) is 8.77. The zero-order chi connectivity index (χ0) is 24.3. The Morgan fingerprint density at radius 1 is 1.06 bits per heavy atom. The minimum Gasteiger partial charge on any atom is -0.379 e. The number of carbonyl (C=O) groups excluding carboxylic acids is 1. The van der Waals surface area contributed by atoms with E-state index in [2.05, 4.69) is 66.4 Å². The summed E-state index contributed by atoms with van der Waals surface area (Å²) < 4.78 is 5.35. The number of piperazine rings is 1. The quantitative estimate of drug-likeness (QED) is 0.293. The van der Waals surface area contributed by atoms with Gasteiger partial charge in [0.1, 0.15) is 11.0 Å². The maximum Gasteiger partial charge on any atom is 0.230 e. The smallest absolute Gasteiger partial charge is 0.230 e. The number of hydrogen-bond donors (Lipinski definition) is 1. The fourth-order valence-electron chi connectivity index (χ4n) is 4.03. The van der Waals surface area contributed by atoms with Gasteiger partial charge in [-0.15, -0.1) is 0 Å². The summed E-state index contributed by atoms with van der Waals surface area (Å²) in [6.45, 7) is 9.41. The Hall–Kier alpha value is -2.17. The second-order valence-electron chi connectivity index (χ2n) is 8.52. The van der Waals surface area contributed by atoms with Crippen molar-refractivity contribution < 1.29 is 9.53 Å². The summed E-state index contributed by atoms with van der Waals surface area (Å²) >= 11 is 7.60. The lowest BCUT2D eigenvalue weighted by Gasteiger charge is -2.35. The van der Waals surface area contributed by atoms with Crippen LogP contribution in [0.15, 0.2) is 47.6 Å². The van der Waals surface area contributed by atoms with E-state index >= 15 is 0 Å². The van der Waals surface area contributed by atoms with E-state index in [0.29, 0.717) is 16.9 Å². The number of nitrogens with one attached hydrogen (secondary N) is 1. The van der Waals surface area contributed by atoms with Crippen LogP contribution in [0.2, 0.25) is 5.15 Å². The molecule has 0 bridgehead atoms. The largest absolute Gasteiger partial charge is 0.379 e. The molecule has 2 aliphatic rings. The first-order valence-electron chi connectivity index (χ1n) is 12.1. The van der Waals surface area contributed by atoms with Gasteiger partial charge in [0.2, 0.25) is 5.91 Å². The van der Waals surface area contributed by atoms with E-state index in [4.69, 9.17) is 16.3 Å². The van der Waals surface area contributed by atoms with Gasteiger partial charge in [-0.1, -0.05) is 65.8 Å². The van der Waals surface area contributed by atoms with Crippen LogP contribution in [-0.2, 0) is 9.53 Å². The third-order valence-electron chi connectivity index (χ3n) is 6.02. The minimum atomic E-state index is -0.0226. The molecule has 0 unspecified atom stereocenters. The van der Waals surface area contributed by atoms with Crippen LogP contribution in [0.4, 0.5) is 5.82 Å². The molecular weight excluding hydrogens is 484 g/mol. The average molecular weight is 517 g/mol. The average Bonchev–Trinajstić information content (AvgIpc) is 2.89. The number of carbonyl (C=O) groups is 1. The number of hydrogen-bond acceptors (Lipinski definition) is 8. The Kier molecular flexibility index (Phi) is 10.2. The molecule has 3 heterocycles. The molecule has 8 nitrogen and oxygen atoms in total. The SMILES string of the molecule is O=C(CSc1nc(Cl)cc(N2CCN(CC=Cc3ccccc3)CC2)n1)NCCN1CCOCC1. The van der Waals surface area contributed by atoms with Crippen LogP contribution in [-0.4, -0.2) is 104 Å². The number of benzene rings is 1. The standard InChI is InChI=1S/C25H33ClN6O2S/c26-22-19-23(32-13-11-30(12-14-32)9-4-7-21-5-2-1-3-6-21)29-25(28-22)35-20-24(33)27-8-10-31-15-17-34-18-16-31/h1-7,19H,8-18,20H2,(H,27,33). The first-order valence-corrected chi connectivity index (χ1v) is 13.5. The molecule has 1 N–H and O–H groups in total. The van der Waals surface area contributed by atoms with Gasteiger partial charge in [0.25, 0.3) is 0 Å². The Morgan fingerprint density at radius 3 is 2.60 bits per heavy atom. The molecule has 1 amide bonds. The lowest BCUT2D eigenvalue weighted by Crippen LogP contribution is -2.46. The van der Waals surface area contributed by atoms with Gasteiger partial charge in [-0.2, -0.15) is 0 Å². The minimum absolute atomic E-state index is 0.0226. The van der Waals surface area contributed by atoms with Gasteiger partial charge in [-0.05, 0) is 5.56 Å². The fraction of sp³-hybridized carbons (Fsp3) is 0.480. The van der Waals surface area contributed by atoms with Crippen LogP contribution in [0, 0.1) is 0 Å². The fourth-order valence-corrected chi connectivity index (χ4v) is 4.94. The molecule has 1 aromatic heterocycles. The summed E-state index contributed by atoms with van der Waals surface area (Å²) in [6.07, 6.45) is 4.38. The summed E-state index contributed by atoms with van der Waals surface area (Å²) in [5.41, 5.74) is 1.22. The Labute approximate surface area is 216 Å². The number of nitrogens with zero attached hydrogens (tertiary/aromatic N) is 5. The molecule has 2 aliphatic heterocycles. The van der Waals surface area contributed by atoms with Crippen molar-refractivity contribution in [3.8, 4) is 0 Å². The first-order chi connectivity index (χ1) is 17.2. The number of thioether (sulfide) groups is 1. The highest BCUT2D eigenvalue weighted by Gasteiger charge is 2.19. The van der Waals surface area contributed by atoms with Crippen molar-refractivity contribution >= 4 is 41.2 Å². The Morgan fingerprint density at radius 2 is 1.83 bits per heavy atom. The monoisotopic (exact) mass is 516 g/mol. The molecule has 0 aliphatic carbocycles. The highest BCUT2D eigenvalue weighted by atomic mass is 35.5. The second-order valence-corrected chi connectivity index (χ2v) is 9.85. The molecule has 2 fully saturated rings. The highest BCUT2D eigenvalue weighted by molar-refractivity contribution is 7.99. The summed E-state index contributed by atoms with van der Waals surface area (Å²) in [5, 5.41) is 3.91. The maximum atomic E-state index is 12.3. The predicted octanol–water partition coefficient (Wildman–Crippen LogP) is 2.51. The van der Waals surface area contributed by atoms with Crippen LogP contribution in [0.5, 0.6) is 0 Å². The Balaban J connectivity index is 1.19. The van der Waals surface area contributed by atoms with Gasteiger partial charge >= 0.3 is 0 Å². The van der Waals surface area contributed by atoms with E-state index in [1.807, 2.05) is 6.07 Å². The normalized spacial score (nSPS) is 17.7. The molecule has 0 atom stereocenters. The molecular formula is C25H33ClN6O2S. The van der Waals surface area contributed by atoms with Crippen molar-refractivity contribution in [1.29, 1.82) is 0 Å². The number of anilines is 1. The van der Waals surface area contributed by atoms with Crippen molar-refractivity contribution in [2.45, 2.75) is 5.16 Å².